The van der Waals surface area contributed by atoms with E-state index >= 15 is 0 Å². The monoisotopic (exact) mass is 230 g/mol. The highest BCUT2D eigenvalue weighted by Gasteiger charge is 2.02. The molecule has 3 nitrogen and oxygen atoms in total. The molecule has 0 amide bonds. The van der Waals surface area contributed by atoms with Gasteiger partial charge in [0.05, 0.1) is 6.61 Å². The molecule has 1 aromatic heterocycles. The Kier molecular flexibility index (Phi) is 3.28. The van der Waals surface area contributed by atoms with Gasteiger partial charge in [0.25, 0.3) is 0 Å². The van der Waals surface area contributed by atoms with E-state index < -0.39 is 0 Å². The number of rotatable bonds is 3. The molecule has 2 aromatic rings. The van der Waals surface area contributed by atoms with Crippen molar-refractivity contribution in [2.75, 3.05) is 6.61 Å². The van der Waals surface area contributed by atoms with Gasteiger partial charge in [-0.1, -0.05) is 11.6 Å². The van der Waals surface area contributed by atoms with Gasteiger partial charge in [-0.3, -0.25) is 0 Å². The van der Waals surface area contributed by atoms with E-state index in [-0.39, 0.29) is 5.97 Å². The van der Waals surface area contributed by atoms with Crippen LogP contribution in [0.2, 0.25) is 0 Å². The first-order valence-electron chi connectivity index (χ1n) is 5.54. The van der Waals surface area contributed by atoms with Crippen molar-refractivity contribution in [1.29, 1.82) is 0 Å². The maximum atomic E-state index is 11.1. The van der Waals surface area contributed by atoms with Crippen LogP contribution in [0.1, 0.15) is 18.2 Å². The third kappa shape index (κ3) is 2.75. The number of esters is 1. The Hall–Kier alpha value is -2.03. The topological polar surface area (TPSA) is 39.4 Å². The minimum atomic E-state index is -0.357. The third-order valence-corrected chi connectivity index (χ3v) is 2.36. The van der Waals surface area contributed by atoms with Crippen LogP contribution in [-0.4, -0.2) is 12.6 Å². The van der Waals surface area contributed by atoms with Gasteiger partial charge in [-0.05, 0) is 38.1 Å². The summed E-state index contributed by atoms with van der Waals surface area (Å²) in [5, 5.41) is 1.04. The Morgan fingerprint density at radius 1 is 1.41 bits per heavy atom. The van der Waals surface area contributed by atoms with Gasteiger partial charge in [0.15, 0.2) is 0 Å². The highest BCUT2D eigenvalue weighted by Crippen LogP contribution is 2.21. The molecule has 0 saturated heterocycles. The Morgan fingerprint density at radius 2 is 2.24 bits per heavy atom. The van der Waals surface area contributed by atoms with E-state index in [1.54, 1.807) is 13.0 Å². The molecule has 0 fully saturated rings. The van der Waals surface area contributed by atoms with Crippen LogP contribution in [0.5, 0.6) is 0 Å². The molecule has 17 heavy (non-hydrogen) atoms. The van der Waals surface area contributed by atoms with E-state index in [9.17, 15) is 4.79 Å². The second-order valence-electron chi connectivity index (χ2n) is 3.78. The number of carbonyl (C=O) groups excluding carboxylic acids is 1. The number of carbonyl (C=O) groups is 1. The van der Waals surface area contributed by atoms with Crippen LogP contribution in [0, 0.1) is 6.92 Å². The van der Waals surface area contributed by atoms with Gasteiger partial charge in [-0.2, -0.15) is 0 Å². The Balaban J connectivity index is 2.22. The average Bonchev–Trinajstić information content (AvgIpc) is 2.68. The molecule has 1 aromatic carbocycles. The van der Waals surface area contributed by atoms with Crippen LogP contribution in [0.3, 0.4) is 0 Å². The molecular weight excluding hydrogens is 216 g/mol. The summed E-state index contributed by atoms with van der Waals surface area (Å²) in [4.78, 5) is 11.1. The van der Waals surface area contributed by atoms with Crippen molar-refractivity contribution in [3.05, 3.63) is 41.7 Å². The Morgan fingerprint density at radius 3 is 3.00 bits per heavy atom. The van der Waals surface area contributed by atoms with Gasteiger partial charge in [0.2, 0.25) is 0 Å². The van der Waals surface area contributed by atoms with Gasteiger partial charge >= 0.3 is 5.97 Å². The molecule has 1 heterocycles. The molecule has 0 saturated carbocycles. The van der Waals surface area contributed by atoms with Crippen molar-refractivity contribution in [2.24, 2.45) is 0 Å². The van der Waals surface area contributed by atoms with Crippen molar-refractivity contribution >= 4 is 23.0 Å². The molecular formula is C14H14O3. The number of fused-ring (bicyclic) bond motifs is 1. The predicted octanol–water partition coefficient (Wildman–Crippen LogP) is 3.32. The first-order chi connectivity index (χ1) is 8.19. The quantitative estimate of drug-likeness (QED) is 0.599. The first-order valence-corrected chi connectivity index (χ1v) is 5.54. The van der Waals surface area contributed by atoms with E-state index in [0.717, 1.165) is 11.0 Å². The zero-order valence-electron chi connectivity index (χ0n) is 9.90. The van der Waals surface area contributed by atoms with Crippen molar-refractivity contribution in [3.8, 4) is 0 Å². The molecule has 0 radical (unpaired) electrons. The lowest BCUT2D eigenvalue weighted by molar-refractivity contribution is -0.137. The fourth-order valence-corrected chi connectivity index (χ4v) is 1.61. The fourth-order valence-electron chi connectivity index (χ4n) is 1.61. The summed E-state index contributed by atoms with van der Waals surface area (Å²) >= 11 is 0. The molecule has 0 aliphatic heterocycles. The standard InChI is InChI=1S/C14H14O3/c1-3-16-14(15)7-5-12-9-11-8-10(2)4-6-13(11)17-12/h4-9H,3H2,1-2H3. The number of furan rings is 1. The molecule has 0 unspecified atom stereocenters. The Bertz CT molecular complexity index is 564. The van der Waals surface area contributed by atoms with E-state index in [1.165, 1.54) is 11.6 Å². The molecule has 0 N–H and O–H groups in total. The zero-order valence-corrected chi connectivity index (χ0v) is 9.90. The molecule has 88 valence electrons. The minimum absolute atomic E-state index is 0.357. The highest BCUT2D eigenvalue weighted by atomic mass is 16.5. The lowest BCUT2D eigenvalue weighted by Gasteiger charge is -1.93. The molecule has 0 atom stereocenters. The van der Waals surface area contributed by atoms with Crippen LogP contribution in [0.25, 0.3) is 17.0 Å². The number of aryl methyl sites for hydroxylation is 1. The van der Waals surface area contributed by atoms with E-state index in [1.807, 2.05) is 31.2 Å². The number of hydrogen-bond donors (Lipinski definition) is 0. The average molecular weight is 230 g/mol. The lowest BCUT2D eigenvalue weighted by Crippen LogP contribution is -1.98. The van der Waals surface area contributed by atoms with Gasteiger partial charge in [-0.15, -0.1) is 0 Å². The molecule has 0 aliphatic rings. The Labute approximate surface area is 99.7 Å². The molecule has 2 rings (SSSR count). The first kappa shape index (κ1) is 11.5. The maximum absolute atomic E-state index is 11.1. The van der Waals surface area contributed by atoms with Gasteiger partial charge in [-0.25, -0.2) is 4.79 Å². The summed E-state index contributed by atoms with van der Waals surface area (Å²) in [5.74, 6) is 0.294. The van der Waals surface area contributed by atoms with E-state index in [2.05, 4.69) is 0 Å². The van der Waals surface area contributed by atoms with Gasteiger partial charge in [0.1, 0.15) is 11.3 Å². The van der Waals surface area contributed by atoms with Gasteiger partial charge < -0.3 is 9.15 Å². The van der Waals surface area contributed by atoms with Crippen molar-refractivity contribution in [3.63, 3.8) is 0 Å². The SMILES string of the molecule is CCOC(=O)C=Cc1cc2cc(C)ccc2o1. The summed E-state index contributed by atoms with van der Waals surface area (Å²) in [6.45, 7) is 4.18. The lowest BCUT2D eigenvalue weighted by atomic mass is 10.2. The van der Waals surface area contributed by atoms with Crippen molar-refractivity contribution in [1.82, 2.24) is 0 Å². The largest absolute Gasteiger partial charge is 0.463 e. The summed E-state index contributed by atoms with van der Waals surface area (Å²) in [5.41, 5.74) is 2.00. The second kappa shape index (κ2) is 4.87. The molecule has 0 aliphatic carbocycles. The smallest absolute Gasteiger partial charge is 0.330 e. The third-order valence-electron chi connectivity index (χ3n) is 2.36. The van der Waals surface area contributed by atoms with Crippen LogP contribution < -0.4 is 0 Å². The number of hydrogen-bond acceptors (Lipinski definition) is 3. The van der Waals surface area contributed by atoms with Crippen LogP contribution in [0.4, 0.5) is 0 Å². The summed E-state index contributed by atoms with van der Waals surface area (Å²) in [6, 6.07) is 7.86. The van der Waals surface area contributed by atoms with Crippen LogP contribution in [-0.2, 0) is 9.53 Å². The molecule has 0 spiro atoms. The normalized spacial score (nSPS) is 11.2. The fraction of sp³-hybridized carbons (Fsp3) is 0.214. The van der Waals surface area contributed by atoms with Crippen LogP contribution in [0.15, 0.2) is 34.8 Å². The van der Waals surface area contributed by atoms with Gasteiger partial charge in [0, 0.05) is 11.5 Å². The number of benzene rings is 1. The van der Waals surface area contributed by atoms with Crippen molar-refractivity contribution in [2.45, 2.75) is 13.8 Å². The van der Waals surface area contributed by atoms with Crippen LogP contribution >= 0.6 is 0 Å². The summed E-state index contributed by atoms with van der Waals surface area (Å²) in [6.07, 6.45) is 2.99. The zero-order chi connectivity index (χ0) is 12.3. The van der Waals surface area contributed by atoms with E-state index in [4.69, 9.17) is 9.15 Å². The predicted molar refractivity (Wildman–Crippen MR) is 66.6 cm³/mol. The maximum Gasteiger partial charge on any atom is 0.330 e. The number of ether oxygens (including phenoxy) is 1. The summed E-state index contributed by atoms with van der Waals surface area (Å²) < 4.78 is 10.3. The van der Waals surface area contributed by atoms with E-state index in [0.29, 0.717) is 12.4 Å². The second-order valence-corrected chi connectivity index (χ2v) is 3.78. The molecule has 0 bridgehead atoms. The summed E-state index contributed by atoms with van der Waals surface area (Å²) in [7, 11) is 0. The molecule has 3 heteroatoms. The minimum Gasteiger partial charge on any atom is -0.463 e. The van der Waals surface area contributed by atoms with Crippen molar-refractivity contribution < 1.29 is 13.9 Å². The highest BCUT2D eigenvalue weighted by molar-refractivity contribution is 5.88.